The van der Waals surface area contributed by atoms with Gasteiger partial charge in [-0.1, -0.05) is 0 Å². The molecule has 2 bridgehead atoms. The lowest BCUT2D eigenvalue weighted by atomic mass is 9.78. The molecule has 0 amide bonds. The summed E-state index contributed by atoms with van der Waals surface area (Å²) in [6.45, 7) is 2.05. The Kier molecular flexibility index (Phi) is 2.08. The summed E-state index contributed by atoms with van der Waals surface area (Å²) in [5, 5.41) is 3.31. The number of ether oxygens (including phenoxy) is 2. The van der Waals surface area contributed by atoms with Crippen LogP contribution < -0.4 is 5.32 Å². The molecule has 0 saturated carbocycles. The Morgan fingerprint density at radius 3 is 2.71 bits per heavy atom. The minimum atomic E-state index is 0.137. The number of methoxy groups -OCH3 is 1. The van der Waals surface area contributed by atoms with Crippen molar-refractivity contribution in [2.24, 2.45) is 5.92 Å². The number of nitrogens with one attached hydrogen (secondary N) is 1. The molecule has 0 aromatic rings. The lowest BCUT2D eigenvalue weighted by Crippen LogP contribution is -2.61. The molecule has 1 N–H and O–H groups in total. The molecule has 3 atom stereocenters. The van der Waals surface area contributed by atoms with Crippen LogP contribution in [0, 0.1) is 5.92 Å². The van der Waals surface area contributed by atoms with Crippen LogP contribution in [0.15, 0.2) is 0 Å². The average molecular weight is 197 g/mol. The summed E-state index contributed by atoms with van der Waals surface area (Å²) in [6.07, 6.45) is 6.16. The van der Waals surface area contributed by atoms with Crippen molar-refractivity contribution in [1.29, 1.82) is 0 Å². The van der Waals surface area contributed by atoms with Crippen LogP contribution in [0.4, 0.5) is 0 Å². The van der Waals surface area contributed by atoms with Gasteiger partial charge in [0.1, 0.15) is 0 Å². The summed E-state index contributed by atoms with van der Waals surface area (Å²) in [7, 11) is 1.84. The van der Waals surface area contributed by atoms with E-state index in [2.05, 4.69) is 5.32 Å². The molecule has 3 aliphatic heterocycles. The lowest BCUT2D eigenvalue weighted by Gasteiger charge is -2.43. The van der Waals surface area contributed by atoms with E-state index in [9.17, 15) is 0 Å². The van der Waals surface area contributed by atoms with Crippen molar-refractivity contribution in [1.82, 2.24) is 5.32 Å². The Balaban J connectivity index is 1.62. The van der Waals surface area contributed by atoms with E-state index in [1.807, 2.05) is 7.11 Å². The van der Waals surface area contributed by atoms with Crippen LogP contribution in [0.3, 0.4) is 0 Å². The second-order valence-corrected chi connectivity index (χ2v) is 5.06. The molecule has 0 aromatic heterocycles. The molecule has 3 saturated heterocycles. The van der Waals surface area contributed by atoms with Gasteiger partial charge in [0.05, 0.1) is 17.8 Å². The van der Waals surface area contributed by atoms with Gasteiger partial charge in [0.15, 0.2) is 0 Å². The van der Waals surface area contributed by atoms with Crippen LogP contribution in [0.1, 0.15) is 25.7 Å². The molecular weight excluding hydrogens is 178 g/mol. The highest BCUT2D eigenvalue weighted by Gasteiger charge is 2.47. The van der Waals surface area contributed by atoms with Gasteiger partial charge < -0.3 is 14.8 Å². The largest absolute Gasteiger partial charge is 0.376 e. The highest BCUT2D eigenvalue weighted by atomic mass is 16.5. The summed E-state index contributed by atoms with van der Waals surface area (Å²) in [5.74, 6) is 0.760. The van der Waals surface area contributed by atoms with Crippen LogP contribution in [0.5, 0.6) is 0 Å². The van der Waals surface area contributed by atoms with E-state index >= 15 is 0 Å². The van der Waals surface area contributed by atoms with Gasteiger partial charge in [0.25, 0.3) is 0 Å². The van der Waals surface area contributed by atoms with Crippen molar-refractivity contribution < 1.29 is 9.47 Å². The van der Waals surface area contributed by atoms with Crippen molar-refractivity contribution in [3.8, 4) is 0 Å². The predicted octanol–water partition coefficient (Wildman–Crippen LogP) is 0.932. The Labute approximate surface area is 85.1 Å². The number of fused-ring (bicyclic) bond motifs is 2. The molecule has 80 valence electrons. The smallest absolute Gasteiger partial charge is 0.0929 e. The third kappa shape index (κ3) is 1.30. The normalized spacial score (nSPS) is 43.9. The molecule has 3 aliphatic rings. The van der Waals surface area contributed by atoms with Crippen LogP contribution in [-0.4, -0.2) is 38.0 Å². The van der Waals surface area contributed by atoms with E-state index in [-0.39, 0.29) is 5.60 Å². The molecule has 0 radical (unpaired) electrons. The van der Waals surface area contributed by atoms with Crippen LogP contribution in [-0.2, 0) is 9.47 Å². The van der Waals surface area contributed by atoms with Crippen LogP contribution in [0.2, 0.25) is 0 Å². The SMILES string of the molecule is COC1(CC2CC3CCC2O3)CNC1. The quantitative estimate of drug-likeness (QED) is 0.730. The van der Waals surface area contributed by atoms with Gasteiger partial charge in [-0.05, 0) is 31.6 Å². The lowest BCUT2D eigenvalue weighted by molar-refractivity contribution is -0.0730. The third-order valence-electron chi connectivity index (χ3n) is 4.19. The summed E-state index contributed by atoms with van der Waals surface area (Å²) >= 11 is 0. The first-order valence-corrected chi connectivity index (χ1v) is 5.73. The van der Waals surface area contributed by atoms with E-state index in [4.69, 9.17) is 9.47 Å². The number of hydrogen-bond acceptors (Lipinski definition) is 3. The molecule has 3 fully saturated rings. The van der Waals surface area contributed by atoms with Gasteiger partial charge in [-0.3, -0.25) is 0 Å². The van der Waals surface area contributed by atoms with Gasteiger partial charge >= 0.3 is 0 Å². The minimum absolute atomic E-state index is 0.137. The summed E-state index contributed by atoms with van der Waals surface area (Å²) in [4.78, 5) is 0. The predicted molar refractivity (Wildman–Crippen MR) is 53.2 cm³/mol. The molecule has 0 aliphatic carbocycles. The van der Waals surface area contributed by atoms with Crippen molar-refractivity contribution in [2.45, 2.75) is 43.5 Å². The fourth-order valence-corrected chi connectivity index (χ4v) is 3.21. The number of hydrogen-bond donors (Lipinski definition) is 1. The van der Waals surface area contributed by atoms with E-state index in [0.717, 1.165) is 19.0 Å². The van der Waals surface area contributed by atoms with E-state index < -0.39 is 0 Å². The first-order chi connectivity index (χ1) is 6.81. The Morgan fingerprint density at radius 1 is 1.43 bits per heavy atom. The first-order valence-electron chi connectivity index (χ1n) is 5.73. The molecule has 3 heteroatoms. The van der Waals surface area contributed by atoms with Gasteiger partial charge in [0, 0.05) is 20.2 Å². The van der Waals surface area contributed by atoms with Crippen molar-refractivity contribution in [3.05, 3.63) is 0 Å². The molecule has 3 unspecified atom stereocenters. The maximum Gasteiger partial charge on any atom is 0.0929 e. The Bertz CT molecular complexity index is 222. The molecular formula is C11H19NO2. The molecule has 14 heavy (non-hydrogen) atoms. The number of rotatable bonds is 3. The van der Waals surface area contributed by atoms with Crippen LogP contribution in [0.25, 0.3) is 0 Å². The standard InChI is InChI=1S/C11H19NO2/c1-13-11(6-12-7-11)5-8-4-9-2-3-10(8)14-9/h8-10,12H,2-7H2,1H3. The fraction of sp³-hybridized carbons (Fsp3) is 1.00. The second-order valence-electron chi connectivity index (χ2n) is 5.06. The highest BCUT2D eigenvalue weighted by Crippen LogP contribution is 2.43. The van der Waals surface area contributed by atoms with Crippen molar-refractivity contribution >= 4 is 0 Å². The topological polar surface area (TPSA) is 30.5 Å². The molecule has 0 aromatic carbocycles. The third-order valence-corrected chi connectivity index (χ3v) is 4.19. The zero-order valence-corrected chi connectivity index (χ0v) is 8.79. The molecule has 3 heterocycles. The van der Waals surface area contributed by atoms with E-state index in [1.54, 1.807) is 0 Å². The van der Waals surface area contributed by atoms with Crippen molar-refractivity contribution in [2.75, 3.05) is 20.2 Å². The summed E-state index contributed by atoms with van der Waals surface area (Å²) < 4.78 is 11.5. The summed E-state index contributed by atoms with van der Waals surface area (Å²) in [5.41, 5.74) is 0.137. The first kappa shape index (κ1) is 9.13. The maximum atomic E-state index is 5.87. The van der Waals surface area contributed by atoms with E-state index in [0.29, 0.717) is 12.2 Å². The van der Waals surface area contributed by atoms with Gasteiger partial charge in [-0.25, -0.2) is 0 Å². The average Bonchev–Trinajstić information content (AvgIpc) is 2.72. The van der Waals surface area contributed by atoms with Gasteiger partial charge in [-0.2, -0.15) is 0 Å². The maximum absolute atomic E-state index is 5.87. The Hall–Kier alpha value is -0.120. The minimum Gasteiger partial charge on any atom is -0.376 e. The molecule has 3 nitrogen and oxygen atoms in total. The second kappa shape index (κ2) is 3.19. The fourth-order valence-electron chi connectivity index (χ4n) is 3.21. The van der Waals surface area contributed by atoms with Crippen LogP contribution >= 0.6 is 0 Å². The zero-order chi connectivity index (χ0) is 9.60. The molecule has 3 rings (SSSR count). The Morgan fingerprint density at radius 2 is 2.29 bits per heavy atom. The highest BCUT2D eigenvalue weighted by molar-refractivity contribution is 5.00. The van der Waals surface area contributed by atoms with Gasteiger partial charge in [-0.15, -0.1) is 0 Å². The summed E-state index contributed by atoms with van der Waals surface area (Å²) in [6, 6.07) is 0. The van der Waals surface area contributed by atoms with Crippen molar-refractivity contribution in [3.63, 3.8) is 0 Å². The van der Waals surface area contributed by atoms with Gasteiger partial charge in [0.2, 0.25) is 0 Å². The monoisotopic (exact) mass is 197 g/mol. The zero-order valence-electron chi connectivity index (χ0n) is 8.79. The van der Waals surface area contributed by atoms with E-state index in [1.165, 1.54) is 25.7 Å². The molecule has 0 spiro atoms.